The lowest BCUT2D eigenvalue weighted by molar-refractivity contribution is -0.138. The minimum atomic E-state index is -4.65. The summed E-state index contributed by atoms with van der Waals surface area (Å²) in [6, 6.07) is 1.24. The van der Waals surface area contributed by atoms with Crippen LogP contribution < -0.4 is 5.73 Å². The number of hydrogen-bond donors (Lipinski definition) is 3. The third-order valence-corrected chi connectivity index (χ3v) is 2.71. The Morgan fingerprint density at radius 2 is 1.89 bits per heavy atom. The van der Waals surface area contributed by atoms with Gasteiger partial charge in [0.25, 0.3) is 0 Å². The number of phenols is 1. The molecule has 4 N–H and O–H groups in total. The number of phenolic OH excluding ortho intramolecular Hbond substituents is 1. The summed E-state index contributed by atoms with van der Waals surface area (Å²) in [5.41, 5.74) is 4.39. The second-order valence-electron chi connectivity index (χ2n) is 3.51. The molecule has 0 spiro atoms. The second-order valence-corrected chi connectivity index (χ2v) is 4.42. The lowest BCUT2D eigenvalue weighted by atomic mass is 10.0. The molecule has 3 nitrogen and oxygen atoms in total. The van der Waals surface area contributed by atoms with Crippen molar-refractivity contribution in [2.45, 2.75) is 18.6 Å². The summed E-state index contributed by atoms with van der Waals surface area (Å²) in [6.07, 6.45) is -4.58. The monoisotopic (exact) mass is 349 g/mol. The number of benzene rings is 1. The van der Waals surface area contributed by atoms with Crippen LogP contribution in [0.1, 0.15) is 23.6 Å². The molecule has 1 unspecified atom stereocenters. The van der Waals surface area contributed by atoms with Crippen LogP contribution in [-0.4, -0.2) is 16.8 Å². The molecule has 1 rings (SSSR count). The smallest absolute Gasteiger partial charge is 0.420 e. The summed E-state index contributed by atoms with van der Waals surface area (Å²) in [6.45, 7) is -0.269. The molecular weight excluding hydrogens is 338 g/mol. The summed E-state index contributed by atoms with van der Waals surface area (Å²) in [4.78, 5) is 0. The molecule has 0 heterocycles. The summed E-state index contributed by atoms with van der Waals surface area (Å²) in [5.74, 6) is -0.887. The lowest BCUT2D eigenvalue weighted by Gasteiger charge is -2.17. The Labute approximate surface area is 116 Å². The third kappa shape index (κ3) is 4.01. The van der Waals surface area contributed by atoms with Crippen molar-refractivity contribution >= 4 is 28.3 Å². The van der Waals surface area contributed by atoms with Crippen LogP contribution >= 0.6 is 28.3 Å². The maximum atomic E-state index is 12.6. The SMILES string of the molecule is Cl.NC(CCO)c1cc(Br)cc(C(F)(F)F)c1O. The first-order valence-electron chi connectivity index (χ1n) is 4.73. The predicted octanol–water partition coefficient (Wildman–Crippen LogP) is 2.98. The maximum absolute atomic E-state index is 12.6. The van der Waals surface area contributed by atoms with Gasteiger partial charge in [0.2, 0.25) is 0 Å². The Morgan fingerprint density at radius 1 is 1.33 bits per heavy atom. The Morgan fingerprint density at radius 3 is 2.33 bits per heavy atom. The lowest BCUT2D eigenvalue weighted by Crippen LogP contribution is -2.14. The van der Waals surface area contributed by atoms with E-state index in [1.165, 1.54) is 6.07 Å². The molecule has 0 aliphatic rings. The predicted molar refractivity (Wildman–Crippen MR) is 66.7 cm³/mol. The fraction of sp³-hybridized carbons (Fsp3) is 0.400. The van der Waals surface area contributed by atoms with E-state index in [0.717, 1.165) is 6.07 Å². The highest BCUT2D eigenvalue weighted by molar-refractivity contribution is 9.10. The zero-order valence-corrected chi connectivity index (χ0v) is 11.4. The van der Waals surface area contributed by atoms with Gasteiger partial charge < -0.3 is 15.9 Å². The van der Waals surface area contributed by atoms with Gasteiger partial charge in [-0.15, -0.1) is 12.4 Å². The van der Waals surface area contributed by atoms with Crippen LogP contribution in [0.3, 0.4) is 0 Å². The molecular formula is C10H12BrClF3NO2. The van der Waals surface area contributed by atoms with Crippen LogP contribution in [0.4, 0.5) is 13.2 Å². The molecule has 1 aromatic rings. The van der Waals surface area contributed by atoms with E-state index < -0.39 is 23.5 Å². The van der Waals surface area contributed by atoms with E-state index >= 15 is 0 Å². The molecule has 104 valence electrons. The van der Waals surface area contributed by atoms with Crippen LogP contribution in [0.15, 0.2) is 16.6 Å². The highest BCUT2D eigenvalue weighted by Crippen LogP contribution is 2.41. The molecule has 0 radical (unpaired) electrons. The average Bonchev–Trinajstić information content (AvgIpc) is 2.19. The Hall–Kier alpha value is -0.500. The first kappa shape index (κ1) is 17.5. The molecule has 0 aliphatic carbocycles. The number of hydrogen-bond acceptors (Lipinski definition) is 3. The third-order valence-electron chi connectivity index (χ3n) is 2.25. The summed E-state index contributed by atoms with van der Waals surface area (Å²) in [5, 5.41) is 18.2. The molecule has 0 saturated carbocycles. The Kier molecular flexibility index (Phi) is 6.42. The molecule has 0 bridgehead atoms. The minimum absolute atomic E-state index is 0. The maximum Gasteiger partial charge on any atom is 0.420 e. The standard InChI is InChI=1S/C10H11BrF3NO2.ClH/c11-5-3-6(8(15)1-2-16)9(17)7(4-5)10(12,13)14;/h3-4,8,16-17H,1-2,15H2;1H. The fourth-order valence-electron chi connectivity index (χ4n) is 1.41. The molecule has 8 heteroatoms. The van der Waals surface area contributed by atoms with Gasteiger partial charge in [-0.2, -0.15) is 13.2 Å². The highest BCUT2D eigenvalue weighted by atomic mass is 79.9. The molecule has 0 aromatic heterocycles. The molecule has 1 aromatic carbocycles. The van der Waals surface area contributed by atoms with Crippen molar-refractivity contribution in [1.82, 2.24) is 0 Å². The number of rotatable bonds is 3. The van der Waals surface area contributed by atoms with Crippen LogP contribution in [0.5, 0.6) is 5.75 Å². The number of halogens is 5. The first-order chi connectivity index (χ1) is 7.77. The van der Waals surface area contributed by atoms with Gasteiger partial charge in [0, 0.05) is 22.7 Å². The Bertz CT molecular complexity index is 415. The number of aliphatic hydroxyl groups is 1. The average molecular weight is 351 g/mol. The summed E-state index contributed by atoms with van der Waals surface area (Å²) in [7, 11) is 0. The topological polar surface area (TPSA) is 66.5 Å². The van der Waals surface area contributed by atoms with Crippen molar-refractivity contribution in [3.63, 3.8) is 0 Å². The van der Waals surface area contributed by atoms with Crippen LogP contribution in [0.25, 0.3) is 0 Å². The number of aliphatic hydroxyl groups excluding tert-OH is 1. The van der Waals surface area contributed by atoms with E-state index in [-0.39, 0.29) is 35.5 Å². The zero-order chi connectivity index (χ0) is 13.2. The van der Waals surface area contributed by atoms with Crippen LogP contribution in [-0.2, 0) is 6.18 Å². The van der Waals surface area contributed by atoms with Crippen molar-refractivity contribution < 1.29 is 23.4 Å². The van der Waals surface area contributed by atoms with E-state index in [2.05, 4.69) is 15.9 Å². The van der Waals surface area contributed by atoms with Gasteiger partial charge in [-0.05, 0) is 18.6 Å². The van der Waals surface area contributed by atoms with Gasteiger partial charge in [-0.1, -0.05) is 15.9 Å². The molecule has 1 atom stereocenters. The van der Waals surface area contributed by atoms with Crippen molar-refractivity contribution in [3.05, 3.63) is 27.7 Å². The first-order valence-corrected chi connectivity index (χ1v) is 5.52. The largest absolute Gasteiger partial charge is 0.507 e. The van der Waals surface area contributed by atoms with Crippen molar-refractivity contribution in [1.29, 1.82) is 0 Å². The number of nitrogens with two attached hydrogens (primary N) is 1. The fourth-order valence-corrected chi connectivity index (χ4v) is 1.89. The van der Waals surface area contributed by atoms with Gasteiger partial charge in [0.15, 0.2) is 0 Å². The van der Waals surface area contributed by atoms with Crippen LogP contribution in [0, 0.1) is 0 Å². The van der Waals surface area contributed by atoms with Crippen molar-refractivity contribution in [2.24, 2.45) is 5.73 Å². The second kappa shape index (κ2) is 6.60. The normalized spacial score (nSPS) is 13.0. The minimum Gasteiger partial charge on any atom is -0.507 e. The molecule has 18 heavy (non-hydrogen) atoms. The molecule has 0 aliphatic heterocycles. The molecule has 0 amide bonds. The van der Waals surface area contributed by atoms with E-state index in [9.17, 15) is 18.3 Å². The number of aromatic hydroxyl groups is 1. The van der Waals surface area contributed by atoms with E-state index in [1.54, 1.807) is 0 Å². The van der Waals surface area contributed by atoms with Gasteiger partial charge in [0.05, 0.1) is 5.56 Å². The summed E-state index contributed by atoms with van der Waals surface area (Å²) < 4.78 is 37.9. The van der Waals surface area contributed by atoms with Gasteiger partial charge in [-0.25, -0.2) is 0 Å². The van der Waals surface area contributed by atoms with E-state index in [1.807, 2.05) is 0 Å². The highest BCUT2D eigenvalue weighted by Gasteiger charge is 2.35. The van der Waals surface area contributed by atoms with Crippen LogP contribution in [0.2, 0.25) is 0 Å². The van der Waals surface area contributed by atoms with Gasteiger partial charge >= 0.3 is 6.18 Å². The quantitative estimate of drug-likeness (QED) is 0.785. The van der Waals surface area contributed by atoms with E-state index in [4.69, 9.17) is 10.8 Å². The van der Waals surface area contributed by atoms with E-state index in [0.29, 0.717) is 0 Å². The molecule has 0 saturated heterocycles. The Balaban J connectivity index is 0.00000289. The number of alkyl halides is 3. The van der Waals surface area contributed by atoms with Gasteiger partial charge in [0.1, 0.15) is 5.75 Å². The zero-order valence-electron chi connectivity index (χ0n) is 9.04. The summed E-state index contributed by atoms with van der Waals surface area (Å²) >= 11 is 2.93. The van der Waals surface area contributed by atoms with Gasteiger partial charge in [-0.3, -0.25) is 0 Å². The van der Waals surface area contributed by atoms with Crippen molar-refractivity contribution in [2.75, 3.05) is 6.61 Å². The van der Waals surface area contributed by atoms with Crippen molar-refractivity contribution in [3.8, 4) is 5.75 Å². The molecule has 0 fully saturated rings.